The summed E-state index contributed by atoms with van der Waals surface area (Å²) in [6, 6.07) is 6.31. The van der Waals surface area contributed by atoms with Gasteiger partial charge in [-0.2, -0.15) is 4.98 Å². The third-order valence-electron chi connectivity index (χ3n) is 5.43. The summed E-state index contributed by atoms with van der Waals surface area (Å²) in [5.41, 5.74) is 4.71. The van der Waals surface area contributed by atoms with Crippen LogP contribution in [0, 0.1) is 20.8 Å². The van der Waals surface area contributed by atoms with Crippen LogP contribution in [-0.2, 0) is 20.6 Å². The van der Waals surface area contributed by atoms with Crippen LogP contribution in [0.2, 0.25) is 0 Å². The van der Waals surface area contributed by atoms with E-state index < -0.39 is 0 Å². The van der Waals surface area contributed by atoms with Crippen LogP contribution >= 0.6 is 0 Å². The summed E-state index contributed by atoms with van der Waals surface area (Å²) in [6.45, 7) is 7.59. The van der Waals surface area contributed by atoms with Crippen LogP contribution < -0.4 is 16.6 Å². The molecule has 0 aliphatic heterocycles. The summed E-state index contributed by atoms with van der Waals surface area (Å²) in [7, 11) is 3.12. The van der Waals surface area contributed by atoms with Gasteiger partial charge in [-0.1, -0.05) is 6.07 Å². The van der Waals surface area contributed by atoms with E-state index in [2.05, 4.69) is 46.9 Å². The van der Waals surface area contributed by atoms with E-state index in [4.69, 9.17) is 0 Å². The lowest BCUT2D eigenvalue weighted by Gasteiger charge is -2.10. The van der Waals surface area contributed by atoms with E-state index in [1.165, 1.54) is 22.7 Å². The van der Waals surface area contributed by atoms with Gasteiger partial charge in [0.15, 0.2) is 11.2 Å². The highest BCUT2D eigenvalue weighted by Crippen LogP contribution is 2.17. The molecule has 3 heterocycles. The molecular weight excluding hydrogens is 356 g/mol. The van der Waals surface area contributed by atoms with Gasteiger partial charge in [-0.15, -0.1) is 0 Å². The molecule has 0 atom stereocenters. The fourth-order valence-corrected chi connectivity index (χ4v) is 3.57. The van der Waals surface area contributed by atoms with Crippen molar-refractivity contribution in [3.8, 4) is 0 Å². The van der Waals surface area contributed by atoms with E-state index in [1.54, 1.807) is 11.4 Å². The zero-order chi connectivity index (χ0) is 20.2. The Kier molecular flexibility index (Phi) is 4.14. The normalized spacial score (nSPS) is 11.6. The van der Waals surface area contributed by atoms with Crippen LogP contribution in [0.5, 0.6) is 0 Å². The van der Waals surface area contributed by atoms with Crippen LogP contribution in [0.25, 0.3) is 16.9 Å². The second kappa shape index (κ2) is 6.40. The molecule has 8 nitrogen and oxygen atoms in total. The van der Waals surface area contributed by atoms with E-state index in [0.717, 1.165) is 15.9 Å². The number of aromatic nitrogens is 5. The van der Waals surface area contributed by atoms with Gasteiger partial charge in [0.2, 0.25) is 5.78 Å². The summed E-state index contributed by atoms with van der Waals surface area (Å²) >= 11 is 0. The van der Waals surface area contributed by atoms with Crippen molar-refractivity contribution in [2.24, 2.45) is 14.1 Å². The number of aryl methyl sites for hydroxylation is 4. The summed E-state index contributed by atoms with van der Waals surface area (Å²) in [6.07, 6.45) is 1.90. The summed E-state index contributed by atoms with van der Waals surface area (Å²) in [5.74, 6) is 0.660. The van der Waals surface area contributed by atoms with Gasteiger partial charge in [-0.25, -0.2) is 4.79 Å². The van der Waals surface area contributed by atoms with Crippen molar-refractivity contribution in [2.45, 2.75) is 27.3 Å². The average Bonchev–Trinajstić information content (AvgIpc) is 3.17. The van der Waals surface area contributed by atoms with Crippen molar-refractivity contribution < 1.29 is 0 Å². The van der Waals surface area contributed by atoms with Crippen LogP contribution in [0.15, 0.2) is 34.0 Å². The van der Waals surface area contributed by atoms with Gasteiger partial charge < -0.3 is 9.88 Å². The van der Waals surface area contributed by atoms with Crippen molar-refractivity contribution >= 4 is 22.6 Å². The topological polar surface area (TPSA) is 78.3 Å². The van der Waals surface area contributed by atoms with E-state index >= 15 is 0 Å². The maximum absolute atomic E-state index is 12.6. The molecule has 8 heteroatoms. The second-order valence-electron chi connectivity index (χ2n) is 7.31. The lowest BCUT2D eigenvalue weighted by molar-refractivity contribution is 0.706. The van der Waals surface area contributed by atoms with E-state index in [1.807, 2.05) is 13.1 Å². The highest BCUT2D eigenvalue weighted by Gasteiger charge is 2.18. The smallest absolute Gasteiger partial charge is 0.332 e. The molecule has 0 bridgehead atoms. The number of nitrogens with one attached hydrogen (secondary N) is 1. The Morgan fingerprint density at radius 3 is 2.50 bits per heavy atom. The Morgan fingerprint density at radius 1 is 1.04 bits per heavy atom. The first-order chi connectivity index (χ1) is 13.3. The van der Waals surface area contributed by atoms with Gasteiger partial charge >= 0.3 is 5.69 Å². The number of fused-ring (bicyclic) bond motifs is 3. The predicted molar refractivity (Wildman–Crippen MR) is 110 cm³/mol. The third-order valence-corrected chi connectivity index (χ3v) is 5.43. The standard InChI is InChI=1S/C20H24N6O2/c1-12-6-7-15(10-13(12)2)21-8-9-25-14(3)11-26-16-17(22-19(25)26)23(4)20(28)24(5)18(16)27/h6-7,10-11,21H,8-9H2,1-5H3. The minimum Gasteiger partial charge on any atom is -0.383 e. The van der Waals surface area contributed by atoms with Crippen LogP contribution in [0.3, 0.4) is 0 Å². The van der Waals surface area contributed by atoms with Gasteiger partial charge in [-0.05, 0) is 44.0 Å². The molecular formula is C20H24N6O2. The fourth-order valence-electron chi connectivity index (χ4n) is 3.57. The first kappa shape index (κ1) is 18.1. The molecule has 0 spiro atoms. The molecule has 4 rings (SSSR count). The van der Waals surface area contributed by atoms with Gasteiger partial charge in [0, 0.05) is 44.8 Å². The largest absolute Gasteiger partial charge is 0.383 e. The van der Waals surface area contributed by atoms with Gasteiger partial charge in [-0.3, -0.25) is 18.3 Å². The summed E-state index contributed by atoms with van der Waals surface area (Å²) in [5, 5.41) is 3.44. The lowest BCUT2D eigenvalue weighted by Crippen LogP contribution is -2.37. The van der Waals surface area contributed by atoms with Crippen LogP contribution in [-0.4, -0.2) is 29.6 Å². The van der Waals surface area contributed by atoms with Gasteiger partial charge in [0.05, 0.1) is 0 Å². The zero-order valence-electron chi connectivity index (χ0n) is 16.8. The fraction of sp³-hybridized carbons (Fsp3) is 0.350. The zero-order valence-corrected chi connectivity index (χ0v) is 16.8. The van der Waals surface area contributed by atoms with Gasteiger partial charge in [0.1, 0.15) is 0 Å². The maximum Gasteiger partial charge on any atom is 0.332 e. The summed E-state index contributed by atoms with van der Waals surface area (Å²) < 4.78 is 6.36. The molecule has 0 saturated carbocycles. The number of rotatable bonds is 4. The first-order valence-electron chi connectivity index (χ1n) is 9.24. The quantitative estimate of drug-likeness (QED) is 0.585. The monoisotopic (exact) mass is 380 g/mol. The second-order valence-corrected chi connectivity index (χ2v) is 7.31. The number of nitrogens with zero attached hydrogens (tertiary/aromatic N) is 5. The molecule has 0 fully saturated rings. The number of imidazole rings is 2. The molecule has 0 aliphatic rings. The minimum atomic E-state index is -0.377. The molecule has 0 aliphatic carbocycles. The first-order valence-corrected chi connectivity index (χ1v) is 9.24. The number of hydrogen-bond acceptors (Lipinski definition) is 4. The molecule has 28 heavy (non-hydrogen) atoms. The summed E-state index contributed by atoms with van der Waals surface area (Å²) in [4.78, 5) is 29.4. The predicted octanol–water partition coefficient (Wildman–Crippen LogP) is 1.72. The van der Waals surface area contributed by atoms with Gasteiger partial charge in [0.25, 0.3) is 5.56 Å². The van der Waals surface area contributed by atoms with Crippen LogP contribution in [0.4, 0.5) is 5.69 Å². The molecule has 1 N–H and O–H groups in total. The number of benzene rings is 1. The Balaban J connectivity index is 1.71. The van der Waals surface area contributed by atoms with E-state index in [-0.39, 0.29) is 11.2 Å². The van der Waals surface area contributed by atoms with Crippen molar-refractivity contribution in [3.05, 3.63) is 62.1 Å². The average molecular weight is 380 g/mol. The molecule has 3 aromatic heterocycles. The Labute approximate surface area is 161 Å². The van der Waals surface area contributed by atoms with E-state index in [0.29, 0.717) is 30.0 Å². The third kappa shape index (κ3) is 2.64. The molecule has 146 valence electrons. The molecule has 0 amide bonds. The van der Waals surface area contributed by atoms with Crippen molar-refractivity contribution in [3.63, 3.8) is 0 Å². The number of anilines is 1. The van der Waals surface area contributed by atoms with E-state index in [9.17, 15) is 9.59 Å². The van der Waals surface area contributed by atoms with Crippen molar-refractivity contribution in [2.75, 3.05) is 11.9 Å². The maximum atomic E-state index is 12.6. The minimum absolute atomic E-state index is 0.337. The van der Waals surface area contributed by atoms with Crippen molar-refractivity contribution in [1.29, 1.82) is 0 Å². The van der Waals surface area contributed by atoms with Crippen molar-refractivity contribution in [1.82, 2.24) is 23.1 Å². The number of hydrogen-bond donors (Lipinski definition) is 1. The molecule has 0 saturated heterocycles. The molecule has 1 aromatic carbocycles. The molecule has 0 radical (unpaired) electrons. The highest BCUT2D eigenvalue weighted by molar-refractivity contribution is 5.75. The molecule has 4 aromatic rings. The highest BCUT2D eigenvalue weighted by atomic mass is 16.2. The Morgan fingerprint density at radius 2 is 1.79 bits per heavy atom. The van der Waals surface area contributed by atoms with Crippen LogP contribution in [0.1, 0.15) is 16.8 Å². The Hall–Kier alpha value is -3.29. The SMILES string of the molecule is Cc1ccc(NCCn2c(C)cn3c4c(=O)n(C)c(=O)n(C)c4nc23)cc1C. The Bertz CT molecular complexity index is 1340. The molecule has 0 unspecified atom stereocenters. The lowest BCUT2D eigenvalue weighted by atomic mass is 10.1.